The minimum atomic E-state index is 0.516. The number of nitrogens with one attached hydrogen (secondary N) is 1. The van der Waals surface area contributed by atoms with Gasteiger partial charge in [-0.3, -0.25) is 4.98 Å². The van der Waals surface area contributed by atoms with Gasteiger partial charge < -0.3 is 5.32 Å². The Morgan fingerprint density at radius 1 is 1.35 bits per heavy atom. The highest BCUT2D eigenvalue weighted by atomic mass is 14.9. The first-order valence-corrected chi connectivity index (χ1v) is 6.70. The van der Waals surface area contributed by atoms with Gasteiger partial charge in [-0.25, -0.2) is 0 Å². The smallest absolute Gasteiger partial charge is 0.0416 e. The molecule has 0 amide bonds. The Morgan fingerprint density at radius 3 is 2.76 bits per heavy atom. The minimum absolute atomic E-state index is 0.516. The van der Waals surface area contributed by atoms with Crippen LogP contribution < -0.4 is 5.32 Å². The van der Waals surface area contributed by atoms with E-state index < -0.39 is 0 Å². The predicted octanol–water partition coefficient (Wildman–Crippen LogP) is 3.04. The number of hydrogen-bond donors (Lipinski definition) is 1. The molecule has 1 heterocycles. The number of hydrogen-bond acceptors (Lipinski definition) is 2. The van der Waals surface area contributed by atoms with Gasteiger partial charge in [-0.2, -0.15) is 0 Å². The monoisotopic (exact) mass is 232 g/mol. The highest BCUT2D eigenvalue weighted by Gasteiger charge is 2.35. The lowest BCUT2D eigenvalue weighted by atomic mass is 9.91. The molecule has 0 spiro atoms. The van der Waals surface area contributed by atoms with Gasteiger partial charge in [-0.1, -0.05) is 26.8 Å². The highest BCUT2D eigenvalue weighted by Crippen LogP contribution is 2.40. The fourth-order valence-corrected chi connectivity index (χ4v) is 3.10. The number of pyridine rings is 1. The lowest BCUT2D eigenvalue weighted by Crippen LogP contribution is -2.33. The molecule has 0 radical (unpaired) electrons. The van der Waals surface area contributed by atoms with E-state index in [2.05, 4.69) is 43.2 Å². The van der Waals surface area contributed by atoms with Gasteiger partial charge in [0.1, 0.15) is 0 Å². The molecule has 1 N–H and O–H groups in total. The molecule has 17 heavy (non-hydrogen) atoms. The quantitative estimate of drug-likeness (QED) is 0.863. The summed E-state index contributed by atoms with van der Waals surface area (Å²) in [4.78, 5) is 4.35. The average Bonchev–Trinajstić information content (AvgIpc) is 2.53. The van der Waals surface area contributed by atoms with Gasteiger partial charge in [-0.05, 0) is 36.3 Å². The van der Waals surface area contributed by atoms with Crippen molar-refractivity contribution in [2.75, 3.05) is 6.54 Å². The zero-order valence-electron chi connectivity index (χ0n) is 11.2. The molecule has 1 aliphatic rings. The molecule has 0 saturated heterocycles. The predicted molar refractivity (Wildman–Crippen MR) is 71.9 cm³/mol. The van der Waals surface area contributed by atoms with Crippen LogP contribution in [0.25, 0.3) is 0 Å². The summed E-state index contributed by atoms with van der Waals surface area (Å²) in [6.45, 7) is 8.17. The number of aromatic nitrogens is 1. The van der Waals surface area contributed by atoms with Crippen molar-refractivity contribution >= 4 is 0 Å². The van der Waals surface area contributed by atoms with Crippen molar-refractivity contribution in [1.29, 1.82) is 0 Å². The molecule has 1 saturated carbocycles. The molecule has 2 heteroatoms. The van der Waals surface area contributed by atoms with Crippen molar-refractivity contribution in [3.05, 3.63) is 30.1 Å². The first-order valence-electron chi connectivity index (χ1n) is 6.70. The van der Waals surface area contributed by atoms with E-state index in [9.17, 15) is 0 Å². The van der Waals surface area contributed by atoms with Crippen molar-refractivity contribution in [3.8, 4) is 0 Å². The Hall–Kier alpha value is -0.890. The second kappa shape index (κ2) is 5.18. The van der Waals surface area contributed by atoms with Crippen LogP contribution in [0.3, 0.4) is 0 Å². The van der Waals surface area contributed by atoms with Gasteiger partial charge >= 0.3 is 0 Å². The molecule has 2 unspecified atom stereocenters. The SMILES string of the molecule is CC1CC(C)(C)CC1NCCc1ccccn1. The minimum Gasteiger partial charge on any atom is -0.313 e. The van der Waals surface area contributed by atoms with E-state index in [4.69, 9.17) is 0 Å². The van der Waals surface area contributed by atoms with Crippen LogP contribution in [0.5, 0.6) is 0 Å². The normalized spacial score (nSPS) is 27.2. The van der Waals surface area contributed by atoms with Crippen molar-refractivity contribution in [2.24, 2.45) is 11.3 Å². The number of nitrogens with zero attached hydrogens (tertiary/aromatic N) is 1. The van der Waals surface area contributed by atoms with Gasteiger partial charge in [0.05, 0.1) is 0 Å². The van der Waals surface area contributed by atoms with E-state index in [0.717, 1.165) is 18.9 Å². The molecule has 2 atom stereocenters. The molecule has 1 aliphatic carbocycles. The van der Waals surface area contributed by atoms with E-state index in [1.807, 2.05) is 12.3 Å². The van der Waals surface area contributed by atoms with Crippen molar-refractivity contribution in [2.45, 2.75) is 46.1 Å². The summed E-state index contributed by atoms with van der Waals surface area (Å²) in [7, 11) is 0. The Bertz CT molecular complexity index is 345. The Balaban J connectivity index is 1.76. The summed E-state index contributed by atoms with van der Waals surface area (Å²) < 4.78 is 0. The topological polar surface area (TPSA) is 24.9 Å². The second-order valence-electron chi connectivity index (χ2n) is 6.18. The van der Waals surface area contributed by atoms with Crippen LogP contribution in [0.1, 0.15) is 39.3 Å². The van der Waals surface area contributed by atoms with Gasteiger partial charge in [0.25, 0.3) is 0 Å². The largest absolute Gasteiger partial charge is 0.313 e. The van der Waals surface area contributed by atoms with Gasteiger partial charge in [-0.15, -0.1) is 0 Å². The van der Waals surface area contributed by atoms with Crippen LogP contribution in [0.15, 0.2) is 24.4 Å². The summed E-state index contributed by atoms with van der Waals surface area (Å²) in [6, 6.07) is 6.82. The fourth-order valence-electron chi connectivity index (χ4n) is 3.10. The maximum Gasteiger partial charge on any atom is 0.0416 e. The standard InChI is InChI=1S/C15H24N2/c1-12-10-15(2,3)11-14(12)17-9-7-13-6-4-5-8-16-13/h4-6,8,12,14,17H,7,9-11H2,1-3H3. The maximum atomic E-state index is 4.35. The lowest BCUT2D eigenvalue weighted by Gasteiger charge is -2.18. The van der Waals surface area contributed by atoms with Crippen molar-refractivity contribution in [1.82, 2.24) is 10.3 Å². The van der Waals surface area contributed by atoms with Crippen LogP contribution >= 0.6 is 0 Å². The summed E-state index contributed by atoms with van der Waals surface area (Å²) in [6.07, 6.45) is 5.55. The van der Waals surface area contributed by atoms with Gasteiger partial charge in [0, 0.05) is 30.9 Å². The van der Waals surface area contributed by atoms with Crippen LogP contribution in [0, 0.1) is 11.3 Å². The summed E-state index contributed by atoms with van der Waals surface area (Å²) in [5.41, 5.74) is 1.70. The molecular formula is C15H24N2. The zero-order valence-corrected chi connectivity index (χ0v) is 11.2. The van der Waals surface area contributed by atoms with Crippen LogP contribution in [0.2, 0.25) is 0 Å². The third kappa shape index (κ3) is 3.53. The van der Waals surface area contributed by atoms with E-state index in [1.54, 1.807) is 0 Å². The van der Waals surface area contributed by atoms with Crippen LogP contribution in [-0.2, 0) is 6.42 Å². The maximum absolute atomic E-state index is 4.35. The van der Waals surface area contributed by atoms with Crippen molar-refractivity contribution in [3.63, 3.8) is 0 Å². The van der Waals surface area contributed by atoms with Gasteiger partial charge in [0.15, 0.2) is 0 Å². The van der Waals surface area contributed by atoms with E-state index in [0.29, 0.717) is 11.5 Å². The first-order chi connectivity index (χ1) is 8.07. The summed E-state index contributed by atoms with van der Waals surface area (Å²) >= 11 is 0. The molecule has 0 aliphatic heterocycles. The molecule has 2 nitrogen and oxygen atoms in total. The fraction of sp³-hybridized carbons (Fsp3) is 0.667. The zero-order chi connectivity index (χ0) is 12.3. The number of rotatable bonds is 4. The lowest BCUT2D eigenvalue weighted by molar-refractivity contribution is 0.362. The molecule has 1 aromatic heterocycles. The molecule has 1 aromatic rings. The Labute approximate surface area is 105 Å². The molecular weight excluding hydrogens is 208 g/mol. The Morgan fingerprint density at radius 2 is 2.18 bits per heavy atom. The molecule has 2 rings (SSSR count). The Kier molecular flexibility index (Phi) is 3.82. The second-order valence-corrected chi connectivity index (χ2v) is 6.18. The van der Waals surface area contributed by atoms with Crippen molar-refractivity contribution < 1.29 is 0 Å². The molecule has 94 valence electrons. The average molecular weight is 232 g/mol. The van der Waals surface area contributed by atoms with Crippen LogP contribution in [-0.4, -0.2) is 17.6 Å². The summed E-state index contributed by atoms with van der Waals surface area (Å²) in [5, 5.41) is 3.70. The molecule has 0 aromatic carbocycles. The van der Waals surface area contributed by atoms with E-state index >= 15 is 0 Å². The third-order valence-corrected chi connectivity index (χ3v) is 3.85. The molecule has 1 fully saturated rings. The first kappa shape index (κ1) is 12.6. The van der Waals surface area contributed by atoms with E-state index in [1.165, 1.54) is 18.5 Å². The van der Waals surface area contributed by atoms with Gasteiger partial charge in [0.2, 0.25) is 0 Å². The van der Waals surface area contributed by atoms with Crippen LogP contribution in [0.4, 0.5) is 0 Å². The third-order valence-electron chi connectivity index (χ3n) is 3.85. The molecule has 0 bridgehead atoms. The highest BCUT2D eigenvalue weighted by molar-refractivity contribution is 5.04. The summed E-state index contributed by atoms with van der Waals surface area (Å²) in [5.74, 6) is 0.800. The van der Waals surface area contributed by atoms with E-state index in [-0.39, 0.29) is 0 Å².